The van der Waals surface area contributed by atoms with Crippen LogP contribution < -0.4 is 0 Å². The Morgan fingerprint density at radius 2 is 1.63 bits per heavy atom. The lowest BCUT2D eigenvalue weighted by Gasteiger charge is -2.05. The van der Waals surface area contributed by atoms with Gasteiger partial charge in [-0.05, 0) is 60.2 Å². The van der Waals surface area contributed by atoms with Crippen molar-refractivity contribution in [2.24, 2.45) is 0 Å². The number of para-hydroxylation sites is 2. The first-order valence-electron chi connectivity index (χ1n) is 9.40. The molecule has 2 aromatic heterocycles. The van der Waals surface area contributed by atoms with Gasteiger partial charge in [0.1, 0.15) is 17.3 Å². The molecule has 5 aromatic rings. The van der Waals surface area contributed by atoms with Crippen molar-refractivity contribution in [2.75, 3.05) is 0 Å². The first-order chi connectivity index (χ1) is 14.7. The van der Waals surface area contributed by atoms with E-state index in [0.29, 0.717) is 10.8 Å². The Hall–Kier alpha value is -3.70. The van der Waals surface area contributed by atoms with Gasteiger partial charge in [-0.15, -0.1) is 0 Å². The second-order valence-electron chi connectivity index (χ2n) is 6.82. The summed E-state index contributed by atoms with van der Waals surface area (Å²) in [7, 11) is 0. The highest BCUT2D eigenvalue weighted by atomic mass is 35.5. The zero-order valence-electron chi connectivity index (χ0n) is 15.8. The molecule has 0 aliphatic rings. The lowest BCUT2D eigenvalue weighted by atomic mass is 10.2. The van der Waals surface area contributed by atoms with E-state index in [9.17, 15) is 4.39 Å². The highest BCUT2D eigenvalue weighted by molar-refractivity contribution is 6.30. The standard InChI is InChI=1S/C24H16ClFN4/c25-17-8-12-19(13-9-17)30-15-22(24-28-20-3-1-2-4-21(20)29-24)27-23(30)14-7-16-5-10-18(26)11-6-16/h1-15H,(H,28,29)/b14-7+. The van der Waals surface area contributed by atoms with Gasteiger partial charge in [-0.3, -0.25) is 4.57 Å². The van der Waals surface area contributed by atoms with E-state index in [-0.39, 0.29) is 5.82 Å². The van der Waals surface area contributed by atoms with Crippen LogP contribution in [-0.2, 0) is 0 Å². The van der Waals surface area contributed by atoms with Crippen LogP contribution in [0.5, 0.6) is 0 Å². The number of aromatic amines is 1. The molecular formula is C24H16ClFN4. The van der Waals surface area contributed by atoms with Crippen LogP contribution in [0.4, 0.5) is 4.39 Å². The molecule has 3 aromatic carbocycles. The lowest BCUT2D eigenvalue weighted by molar-refractivity contribution is 0.628. The molecule has 1 N–H and O–H groups in total. The number of aromatic nitrogens is 4. The third-order valence-electron chi connectivity index (χ3n) is 4.76. The number of benzene rings is 3. The first kappa shape index (κ1) is 18.3. The molecule has 0 aliphatic carbocycles. The number of halogens is 2. The van der Waals surface area contributed by atoms with E-state index in [4.69, 9.17) is 16.6 Å². The fourth-order valence-corrected chi connectivity index (χ4v) is 3.38. The highest BCUT2D eigenvalue weighted by Crippen LogP contribution is 2.24. The summed E-state index contributed by atoms with van der Waals surface area (Å²) in [5, 5.41) is 0.666. The van der Waals surface area contributed by atoms with Gasteiger partial charge in [-0.1, -0.05) is 41.9 Å². The molecule has 0 amide bonds. The van der Waals surface area contributed by atoms with Crippen LogP contribution >= 0.6 is 11.6 Å². The van der Waals surface area contributed by atoms with Gasteiger partial charge in [0, 0.05) is 16.9 Å². The van der Waals surface area contributed by atoms with Gasteiger partial charge in [-0.2, -0.15) is 0 Å². The van der Waals surface area contributed by atoms with Crippen LogP contribution in [0.2, 0.25) is 5.02 Å². The van der Waals surface area contributed by atoms with Crippen molar-refractivity contribution in [3.63, 3.8) is 0 Å². The Bertz CT molecular complexity index is 1320. The molecular weight excluding hydrogens is 399 g/mol. The minimum Gasteiger partial charge on any atom is -0.337 e. The maximum absolute atomic E-state index is 13.2. The Kier molecular flexibility index (Phi) is 4.65. The average Bonchev–Trinajstić information content (AvgIpc) is 3.38. The van der Waals surface area contributed by atoms with E-state index in [2.05, 4.69) is 9.97 Å². The number of imidazole rings is 2. The van der Waals surface area contributed by atoms with Crippen molar-refractivity contribution in [1.82, 2.24) is 19.5 Å². The minimum atomic E-state index is -0.262. The van der Waals surface area contributed by atoms with E-state index in [1.165, 1.54) is 12.1 Å². The predicted molar refractivity (Wildman–Crippen MR) is 119 cm³/mol. The van der Waals surface area contributed by atoms with Crippen molar-refractivity contribution in [3.8, 4) is 17.2 Å². The fourth-order valence-electron chi connectivity index (χ4n) is 3.25. The minimum absolute atomic E-state index is 0.262. The van der Waals surface area contributed by atoms with Crippen LogP contribution in [0.3, 0.4) is 0 Å². The van der Waals surface area contributed by atoms with Crippen LogP contribution in [0.1, 0.15) is 11.4 Å². The fraction of sp³-hybridized carbons (Fsp3) is 0. The molecule has 6 heteroatoms. The van der Waals surface area contributed by atoms with Gasteiger partial charge >= 0.3 is 0 Å². The van der Waals surface area contributed by atoms with Crippen molar-refractivity contribution in [3.05, 3.63) is 101 Å². The predicted octanol–water partition coefficient (Wildman–Crippen LogP) is 6.38. The number of hydrogen-bond donors (Lipinski definition) is 1. The maximum atomic E-state index is 13.2. The molecule has 0 aliphatic heterocycles. The van der Waals surface area contributed by atoms with E-state index in [0.717, 1.165) is 33.8 Å². The molecule has 0 fully saturated rings. The van der Waals surface area contributed by atoms with Gasteiger partial charge in [0.15, 0.2) is 5.82 Å². The van der Waals surface area contributed by atoms with E-state index in [1.807, 2.05) is 71.4 Å². The average molecular weight is 415 g/mol. The zero-order valence-corrected chi connectivity index (χ0v) is 16.5. The van der Waals surface area contributed by atoms with Crippen LogP contribution in [-0.4, -0.2) is 19.5 Å². The SMILES string of the molecule is Fc1ccc(/C=C/c2nc(-c3nc4ccccc4[nH]3)cn2-c2ccc(Cl)cc2)cc1. The largest absolute Gasteiger partial charge is 0.337 e. The molecule has 146 valence electrons. The molecule has 0 atom stereocenters. The first-order valence-corrected chi connectivity index (χ1v) is 9.78. The third-order valence-corrected chi connectivity index (χ3v) is 5.02. The van der Waals surface area contributed by atoms with Gasteiger partial charge < -0.3 is 4.98 Å². The summed E-state index contributed by atoms with van der Waals surface area (Å²) in [5.41, 5.74) is 4.37. The third kappa shape index (κ3) is 3.63. The highest BCUT2D eigenvalue weighted by Gasteiger charge is 2.13. The summed E-state index contributed by atoms with van der Waals surface area (Å²) >= 11 is 6.05. The number of rotatable bonds is 4. The number of fused-ring (bicyclic) bond motifs is 1. The monoisotopic (exact) mass is 414 g/mol. The smallest absolute Gasteiger partial charge is 0.158 e. The van der Waals surface area contributed by atoms with Gasteiger partial charge in [0.05, 0.1) is 11.0 Å². The molecule has 0 saturated carbocycles. The second-order valence-corrected chi connectivity index (χ2v) is 7.25. The summed E-state index contributed by atoms with van der Waals surface area (Å²) in [6, 6.07) is 21.7. The topological polar surface area (TPSA) is 46.5 Å². The van der Waals surface area contributed by atoms with Crippen LogP contribution in [0.15, 0.2) is 79.0 Å². The summed E-state index contributed by atoms with van der Waals surface area (Å²) in [6.07, 6.45) is 5.73. The molecule has 4 nitrogen and oxygen atoms in total. The van der Waals surface area contributed by atoms with Crippen LogP contribution in [0.25, 0.3) is 40.4 Å². The zero-order chi connectivity index (χ0) is 20.5. The van der Waals surface area contributed by atoms with E-state index >= 15 is 0 Å². The van der Waals surface area contributed by atoms with Crippen molar-refractivity contribution >= 4 is 34.8 Å². The molecule has 0 saturated heterocycles. The molecule has 0 radical (unpaired) electrons. The molecule has 0 unspecified atom stereocenters. The van der Waals surface area contributed by atoms with Crippen molar-refractivity contribution in [2.45, 2.75) is 0 Å². The Labute approximate surface area is 177 Å². The summed E-state index contributed by atoms with van der Waals surface area (Å²) in [5.74, 6) is 1.15. The summed E-state index contributed by atoms with van der Waals surface area (Å²) in [6.45, 7) is 0. The van der Waals surface area contributed by atoms with Gasteiger partial charge in [0.25, 0.3) is 0 Å². The number of nitrogens with one attached hydrogen (secondary N) is 1. The van der Waals surface area contributed by atoms with E-state index in [1.54, 1.807) is 12.1 Å². The molecule has 0 bridgehead atoms. The molecule has 2 heterocycles. The van der Waals surface area contributed by atoms with Gasteiger partial charge in [-0.25, -0.2) is 14.4 Å². The molecule has 5 rings (SSSR count). The maximum Gasteiger partial charge on any atom is 0.158 e. The summed E-state index contributed by atoms with van der Waals surface area (Å²) < 4.78 is 15.2. The molecule has 30 heavy (non-hydrogen) atoms. The Balaban J connectivity index is 1.59. The quantitative estimate of drug-likeness (QED) is 0.371. The second kappa shape index (κ2) is 7.61. The number of H-pyrrole nitrogens is 1. The Morgan fingerprint density at radius 3 is 2.40 bits per heavy atom. The summed E-state index contributed by atoms with van der Waals surface area (Å²) in [4.78, 5) is 12.8. The van der Waals surface area contributed by atoms with Crippen LogP contribution in [0, 0.1) is 5.82 Å². The normalized spacial score (nSPS) is 11.5. The lowest BCUT2D eigenvalue weighted by Crippen LogP contribution is -1.95. The number of nitrogens with zero attached hydrogens (tertiary/aromatic N) is 3. The van der Waals surface area contributed by atoms with Gasteiger partial charge in [0.2, 0.25) is 0 Å². The number of hydrogen-bond acceptors (Lipinski definition) is 2. The molecule has 0 spiro atoms. The van der Waals surface area contributed by atoms with E-state index < -0.39 is 0 Å². The van der Waals surface area contributed by atoms with Crippen molar-refractivity contribution in [1.29, 1.82) is 0 Å². The Morgan fingerprint density at radius 1 is 0.867 bits per heavy atom. The van der Waals surface area contributed by atoms with Crippen molar-refractivity contribution < 1.29 is 4.39 Å².